The van der Waals surface area contributed by atoms with Crippen molar-refractivity contribution in [3.05, 3.63) is 47.4 Å². The SMILES string of the molecule is COc1ccc(CNc2ccc(C(F)(F)F)nn2)cc1F. The number of halogens is 4. The standard InChI is InChI=1S/C13H11F4N3O/c1-21-10-3-2-8(6-9(10)14)7-18-12-5-4-11(19-20-12)13(15,16)17/h2-6H,7H2,1H3,(H,18,20). The molecule has 0 atom stereocenters. The smallest absolute Gasteiger partial charge is 0.435 e. The van der Waals surface area contributed by atoms with E-state index in [4.69, 9.17) is 4.74 Å². The van der Waals surface area contributed by atoms with E-state index in [1.807, 2.05) is 0 Å². The van der Waals surface area contributed by atoms with E-state index in [2.05, 4.69) is 15.5 Å². The number of hydrogen-bond acceptors (Lipinski definition) is 4. The zero-order valence-corrected chi connectivity index (χ0v) is 10.9. The number of anilines is 1. The molecule has 21 heavy (non-hydrogen) atoms. The molecular formula is C13H11F4N3O. The molecule has 8 heteroatoms. The van der Waals surface area contributed by atoms with Gasteiger partial charge in [-0.25, -0.2) is 4.39 Å². The van der Waals surface area contributed by atoms with Gasteiger partial charge in [-0.05, 0) is 29.8 Å². The highest BCUT2D eigenvalue weighted by Gasteiger charge is 2.32. The zero-order chi connectivity index (χ0) is 15.5. The van der Waals surface area contributed by atoms with Crippen LogP contribution in [0.4, 0.5) is 23.4 Å². The molecule has 0 amide bonds. The van der Waals surface area contributed by atoms with E-state index in [0.29, 0.717) is 5.56 Å². The van der Waals surface area contributed by atoms with Crippen molar-refractivity contribution in [1.82, 2.24) is 10.2 Å². The van der Waals surface area contributed by atoms with E-state index >= 15 is 0 Å². The lowest BCUT2D eigenvalue weighted by molar-refractivity contribution is -0.141. The second kappa shape index (κ2) is 5.94. The van der Waals surface area contributed by atoms with E-state index in [-0.39, 0.29) is 18.1 Å². The maximum absolute atomic E-state index is 13.5. The van der Waals surface area contributed by atoms with Crippen LogP contribution in [-0.4, -0.2) is 17.3 Å². The number of rotatable bonds is 4. The summed E-state index contributed by atoms with van der Waals surface area (Å²) in [4.78, 5) is 0. The highest BCUT2D eigenvalue weighted by Crippen LogP contribution is 2.27. The van der Waals surface area contributed by atoms with E-state index in [0.717, 1.165) is 12.1 Å². The van der Waals surface area contributed by atoms with Crippen LogP contribution in [0, 0.1) is 5.82 Å². The molecule has 2 rings (SSSR count). The topological polar surface area (TPSA) is 47.0 Å². The fourth-order valence-corrected chi connectivity index (χ4v) is 1.59. The van der Waals surface area contributed by atoms with Gasteiger partial charge in [-0.3, -0.25) is 0 Å². The Morgan fingerprint density at radius 2 is 1.90 bits per heavy atom. The Morgan fingerprint density at radius 1 is 1.14 bits per heavy atom. The van der Waals surface area contributed by atoms with Crippen LogP contribution < -0.4 is 10.1 Å². The van der Waals surface area contributed by atoms with Gasteiger partial charge in [-0.1, -0.05) is 6.07 Å². The fourth-order valence-electron chi connectivity index (χ4n) is 1.59. The van der Waals surface area contributed by atoms with Gasteiger partial charge in [0.1, 0.15) is 5.82 Å². The number of alkyl halides is 3. The first-order valence-corrected chi connectivity index (χ1v) is 5.87. The van der Waals surface area contributed by atoms with Crippen molar-refractivity contribution in [2.75, 3.05) is 12.4 Å². The molecule has 0 aliphatic heterocycles. The van der Waals surface area contributed by atoms with Crippen LogP contribution in [0.5, 0.6) is 5.75 Å². The van der Waals surface area contributed by atoms with Crippen LogP contribution in [0.2, 0.25) is 0 Å². The summed E-state index contributed by atoms with van der Waals surface area (Å²) in [5, 5.41) is 9.25. The molecule has 0 saturated carbocycles. The maximum Gasteiger partial charge on any atom is 0.435 e. The first-order chi connectivity index (χ1) is 9.90. The molecule has 0 bridgehead atoms. The quantitative estimate of drug-likeness (QED) is 0.881. The average molecular weight is 301 g/mol. The van der Waals surface area contributed by atoms with Gasteiger partial charge in [0.05, 0.1) is 7.11 Å². The van der Waals surface area contributed by atoms with Gasteiger partial charge in [0, 0.05) is 6.54 Å². The number of methoxy groups -OCH3 is 1. The molecule has 0 fully saturated rings. The minimum atomic E-state index is -4.52. The highest BCUT2D eigenvalue weighted by molar-refractivity contribution is 5.36. The molecule has 0 aliphatic carbocycles. The lowest BCUT2D eigenvalue weighted by atomic mass is 10.2. The van der Waals surface area contributed by atoms with Gasteiger partial charge in [0.25, 0.3) is 0 Å². The molecule has 0 radical (unpaired) electrons. The normalized spacial score (nSPS) is 11.3. The monoisotopic (exact) mass is 301 g/mol. The molecule has 0 spiro atoms. The number of hydrogen-bond donors (Lipinski definition) is 1. The number of nitrogens with zero attached hydrogens (tertiary/aromatic N) is 2. The van der Waals surface area contributed by atoms with Gasteiger partial charge >= 0.3 is 6.18 Å². The lowest BCUT2D eigenvalue weighted by Gasteiger charge is -2.08. The first-order valence-electron chi connectivity index (χ1n) is 5.87. The van der Waals surface area contributed by atoms with Crippen molar-refractivity contribution in [2.24, 2.45) is 0 Å². The van der Waals surface area contributed by atoms with Crippen LogP contribution in [-0.2, 0) is 12.7 Å². The minimum absolute atomic E-state index is 0.119. The Labute approximate surface area is 117 Å². The zero-order valence-electron chi connectivity index (χ0n) is 10.9. The Kier molecular flexibility index (Phi) is 4.25. The minimum Gasteiger partial charge on any atom is -0.494 e. The summed E-state index contributed by atoms with van der Waals surface area (Å²) in [6.07, 6.45) is -4.52. The van der Waals surface area contributed by atoms with Gasteiger partial charge in [0.2, 0.25) is 0 Å². The largest absolute Gasteiger partial charge is 0.494 e. The molecule has 1 aromatic carbocycles. The molecule has 0 saturated heterocycles. The Balaban J connectivity index is 2.01. The van der Waals surface area contributed by atoms with E-state index in [1.54, 1.807) is 6.07 Å². The third kappa shape index (κ3) is 3.80. The van der Waals surface area contributed by atoms with Gasteiger partial charge in [0.15, 0.2) is 17.3 Å². The van der Waals surface area contributed by atoms with E-state index in [9.17, 15) is 17.6 Å². The van der Waals surface area contributed by atoms with E-state index < -0.39 is 17.7 Å². The van der Waals surface area contributed by atoms with Crippen LogP contribution in [0.15, 0.2) is 30.3 Å². The summed E-state index contributed by atoms with van der Waals surface area (Å²) in [6, 6.07) is 6.35. The van der Waals surface area contributed by atoms with Gasteiger partial charge in [-0.2, -0.15) is 13.2 Å². The van der Waals surface area contributed by atoms with Crippen LogP contribution in [0.25, 0.3) is 0 Å². The number of ether oxygens (including phenoxy) is 1. The molecule has 2 aromatic rings. The Bertz CT molecular complexity index is 614. The van der Waals surface area contributed by atoms with Crippen LogP contribution in [0.3, 0.4) is 0 Å². The molecule has 0 unspecified atom stereocenters. The summed E-state index contributed by atoms with van der Waals surface area (Å²) in [5.41, 5.74) is -0.474. The third-order valence-electron chi connectivity index (χ3n) is 2.64. The summed E-state index contributed by atoms with van der Waals surface area (Å²) < 4.78 is 55.2. The Hall–Kier alpha value is -2.38. The molecule has 1 aromatic heterocycles. The molecule has 1 N–H and O–H groups in total. The van der Waals surface area contributed by atoms with Gasteiger partial charge < -0.3 is 10.1 Å². The Morgan fingerprint density at radius 3 is 2.43 bits per heavy atom. The number of benzene rings is 1. The van der Waals surface area contributed by atoms with Crippen LogP contribution >= 0.6 is 0 Å². The molecule has 1 heterocycles. The summed E-state index contributed by atoms with van der Waals surface area (Å²) in [5.74, 6) is -0.234. The lowest BCUT2D eigenvalue weighted by Crippen LogP contribution is -2.10. The summed E-state index contributed by atoms with van der Waals surface area (Å²) >= 11 is 0. The second-order valence-electron chi connectivity index (χ2n) is 4.12. The van der Waals surface area contributed by atoms with Crippen molar-refractivity contribution in [1.29, 1.82) is 0 Å². The predicted molar refractivity (Wildman–Crippen MR) is 67.3 cm³/mol. The van der Waals surface area contributed by atoms with E-state index in [1.165, 1.54) is 19.2 Å². The fraction of sp³-hybridized carbons (Fsp3) is 0.231. The second-order valence-corrected chi connectivity index (χ2v) is 4.12. The first kappa shape index (κ1) is 15.0. The van der Waals surface area contributed by atoms with Crippen molar-refractivity contribution >= 4 is 5.82 Å². The number of aromatic nitrogens is 2. The molecule has 112 valence electrons. The summed E-state index contributed by atoms with van der Waals surface area (Å²) in [6.45, 7) is 0.195. The van der Waals surface area contributed by atoms with Crippen molar-refractivity contribution in [3.63, 3.8) is 0 Å². The molecule has 4 nitrogen and oxygen atoms in total. The predicted octanol–water partition coefficient (Wildman–Crippen LogP) is 3.26. The highest BCUT2D eigenvalue weighted by atomic mass is 19.4. The van der Waals surface area contributed by atoms with Crippen LogP contribution in [0.1, 0.15) is 11.3 Å². The number of nitrogens with one attached hydrogen (secondary N) is 1. The maximum atomic E-state index is 13.5. The van der Waals surface area contributed by atoms with Crippen molar-refractivity contribution in [3.8, 4) is 5.75 Å². The van der Waals surface area contributed by atoms with Crippen molar-refractivity contribution in [2.45, 2.75) is 12.7 Å². The average Bonchev–Trinajstić information content (AvgIpc) is 2.45. The summed E-state index contributed by atoms with van der Waals surface area (Å²) in [7, 11) is 1.36. The third-order valence-corrected chi connectivity index (χ3v) is 2.64. The van der Waals surface area contributed by atoms with Crippen molar-refractivity contribution < 1.29 is 22.3 Å². The molecule has 0 aliphatic rings. The van der Waals surface area contributed by atoms with Gasteiger partial charge in [-0.15, -0.1) is 10.2 Å². The molecular weight excluding hydrogens is 290 g/mol.